The van der Waals surface area contributed by atoms with Crippen LogP contribution in [0.3, 0.4) is 0 Å². The zero-order valence-electron chi connectivity index (χ0n) is 12.7. The summed E-state index contributed by atoms with van der Waals surface area (Å²) in [6.45, 7) is 4.08. The molecular formula is C17H23NO3. The zero-order chi connectivity index (χ0) is 15.5. The van der Waals surface area contributed by atoms with Crippen LogP contribution < -0.4 is 5.73 Å². The lowest BCUT2D eigenvalue weighted by atomic mass is 9.72. The normalized spacial score (nSPS) is 25.0. The van der Waals surface area contributed by atoms with Crippen molar-refractivity contribution in [1.82, 2.24) is 0 Å². The second kappa shape index (κ2) is 6.39. The quantitative estimate of drug-likeness (QED) is 0.667. The Morgan fingerprint density at radius 2 is 2.00 bits per heavy atom. The first-order valence-corrected chi connectivity index (χ1v) is 7.47. The van der Waals surface area contributed by atoms with E-state index < -0.39 is 17.2 Å². The molecule has 1 aliphatic rings. The minimum absolute atomic E-state index is 0.00160. The number of carbonyl (C=O) groups is 2. The molecule has 0 amide bonds. The Morgan fingerprint density at radius 3 is 2.52 bits per heavy atom. The second-order valence-corrected chi connectivity index (χ2v) is 6.20. The standard InChI is InChI=1S/C17H23NO3/c1-12(2)17(9-8-14(18)10-17)15(19)16(20)21-11-13-6-4-3-5-7-13/h3-7,12,14H,8-11,18H2,1-2H3/t14-,17+/m1/s1. The van der Waals surface area contributed by atoms with E-state index in [0.717, 1.165) is 12.0 Å². The Balaban J connectivity index is 2.02. The zero-order valence-corrected chi connectivity index (χ0v) is 12.7. The maximum Gasteiger partial charge on any atom is 0.375 e. The Hall–Kier alpha value is -1.68. The molecular weight excluding hydrogens is 266 g/mol. The van der Waals surface area contributed by atoms with Crippen LogP contribution in [0.1, 0.15) is 38.7 Å². The van der Waals surface area contributed by atoms with Gasteiger partial charge in [0, 0.05) is 11.5 Å². The number of ether oxygens (including phenoxy) is 1. The monoisotopic (exact) mass is 289 g/mol. The van der Waals surface area contributed by atoms with E-state index in [0.29, 0.717) is 12.8 Å². The van der Waals surface area contributed by atoms with Gasteiger partial charge in [0.15, 0.2) is 0 Å². The van der Waals surface area contributed by atoms with E-state index in [1.165, 1.54) is 0 Å². The summed E-state index contributed by atoms with van der Waals surface area (Å²) in [5.41, 5.74) is 6.18. The Labute approximate surface area is 125 Å². The highest BCUT2D eigenvalue weighted by atomic mass is 16.5. The summed E-state index contributed by atoms with van der Waals surface area (Å²) in [4.78, 5) is 24.7. The van der Waals surface area contributed by atoms with Crippen LogP contribution >= 0.6 is 0 Å². The van der Waals surface area contributed by atoms with Gasteiger partial charge in [-0.05, 0) is 30.7 Å². The Kier molecular flexibility index (Phi) is 4.78. The van der Waals surface area contributed by atoms with Gasteiger partial charge in [0.2, 0.25) is 5.78 Å². The van der Waals surface area contributed by atoms with Crippen molar-refractivity contribution in [1.29, 1.82) is 0 Å². The molecule has 2 N–H and O–H groups in total. The first-order valence-electron chi connectivity index (χ1n) is 7.47. The number of esters is 1. The van der Waals surface area contributed by atoms with Gasteiger partial charge < -0.3 is 10.5 Å². The van der Waals surface area contributed by atoms with Crippen LogP contribution in [0.5, 0.6) is 0 Å². The minimum Gasteiger partial charge on any atom is -0.455 e. The van der Waals surface area contributed by atoms with E-state index in [-0.39, 0.29) is 18.6 Å². The maximum atomic E-state index is 12.5. The number of carbonyl (C=O) groups excluding carboxylic acids is 2. The van der Waals surface area contributed by atoms with Crippen molar-refractivity contribution in [2.75, 3.05) is 0 Å². The molecule has 1 saturated carbocycles. The molecule has 1 aromatic carbocycles. The molecule has 2 rings (SSSR count). The van der Waals surface area contributed by atoms with E-state index in [1.807, 2.05) is 44.2 Å². The number of hydrogen-bond acceptors (Lipinski definition) is 4. The SMILES string of the molecule is CC(C)[C@]1(C(=O)C(=O)OCc2ccccc2)CC[C@@H](N)C1. The first kappa shape index (κ1) is 15.7. The molecule has 0 heterocycles. The van der Waals surface area contributed by atoms with E-state index in [9.17, 15) is 9.59 Å². The molecule has 0 unspecified atom stereocenters. The molecule has 4 heteroatoms. The molecule has 0 aliphatic heterocycles. The molecule has 21 heavy (non-hydrogen) atoms. The number of benzene rings is 1. The summed E-state index contributed by atoms with van der Waals surface area (Å²) < 4.78 is 5.18. The maximum absolute atomic E-state index is 12.5. The van der Waals surface area contributed by atoms with Gasteiger partial charge in [-0.3, -0.25) is 4.79 Å². The molecule has 4 nitrogen and oxygen atoms in total. The lowest BCUT2D eigenvalue weighted by Crippen LogP contribution is -2.40. The topological polar surface area (TPSA) is 69.4 Å². The van der Waals surface area contributed by atoms with E-state index in [1.54, 1.807) is 0 Å². The highest BCUT2D eigenvalue weighted by Crippen LogP contribution is 2.44. The molecule has 0 aromatic heterocycles. The average molecular weight is 289 g/mol. The number of Topliss-reactive ketones (excluding diaryl/α,β-unsaturated/α-hetero) is 1. The van der Waals surface area contributed by atoms with Crippen LogP contribution in [0.2, 0.25) is 0 Å². The minimum atomic E-state index is -0.735. The highest BCUT2D eigenvalue weighted by Gasteiger charge is 2.49. The second-order valence-electron chi connectivity index (χ2n) is 6.20. The predicted octanol–water partition coefficient (Wildman–Crippen LogP) is 2.45. The smallest absolute Gasteiger partial charge is 0.375 e. The Bertz CT molecular complexity index is 512. The van der Waals surface area contributed by atoms with Crippen molar-refractivity contribution in [2.45, 2.75) is 45.8 Å². The van der Waals surface area contributed by atoms with E-state index in [4.69, 9.17) is 10.5 Å². The number of hydrogen-bond donors (Lipinski definition) is 1. The van der Waals surface area contributed by atoms with Gasteiger partial charge in [0.1, 0.15) is 6.61 Å². The Morgan fingerprint density at radius 1 is 1.33 bits per heavy atom. The molecule has 2 atom stereocenters. The fourth-order valence-electron chi connectivity index (χ4n) is 3.10. The van der Waals surface area contributed by atoms with Crippen molar-refractivity contribution in [3.05, 3.63) is 35.9 Å². The summed E-state index contributed by atoms with van der Waals surface area (Å²) in [6.07, 6.45) is 2.03. The summed E-state index contributed by atoms with van der Waals surface area (Å²) in [6, 6.07) is 9.36. The van der Waals surface area contributed by atoms with Crippen molar-refractivity contribution in [3.8, 4) is 0 Å². The van der Waals surface area contributed by atoms with Gasteiger partial charge in [-0.1, -0.05) is 44.2 Å². The third-order valence-corrected chi connectivity index (χ3v) is 4.54. The number of nitrogens with two attached hydrogens (primary N) is 1. The molecule has 114 valence electrons. The van der Waals surface area contributed by atoms with Crippen LogP contribution in [-0.2, 0) is 20.9 Å². The summed E-state index contributed by atoms with van der Waals surface area (Å²) in [5, 5.41) is 0. The third-order valence-electron chi connectivity index (χ3n) is 4.54. The van der Waals surface area contributed by atoms with Crippen LogP contribution in [-0.4, -0.2) is 17.8 Å². The largest absolute Gasteiger partial charge is 0.455 e. The molecule has 1 aliphatic carbocycles. The summed E-state index contributed by atoms with van der Waals surface area (Å²) in [5.74, 6) is -1.06. The van der Waals surface area contributed by atoms with Gasteiger partial charge in [-0.2, -0.15) is 0 Å². The van der Waals surface area contributed by atoms with Crippen LogP contribution in [0.25, 0.3) is 0 Å². The molecule has 0 saturated heterocycles. The molecule has 0 bridgehead atoms. The fourth-order valence-corrected chi connectivity index (χ4v) is 3.10. The van der Waals surface area contributed by atoms with Gasteiger partial charge in [0.25, 0.3) is 0 Å². The lowest BCUT2D eigenvalue weighted by molar-refractivity contribution is -0.160. The van der Waals surface area contributed by atoms with Crippen molar-refractivity contribution in [2.24, 2.45) is 17.1 Å². The highest BCUT2D eigenvalue weighted by molar-refractivity contribution is 6.35. The summed E-state index contributed by atoms with van der Waals surface area (Å²) >= 11 is 0. The lowest BCUT2D eigenvalue weighted by Gasteiger charge is -2.30. The number of rotatable bonds is 5. The van der Waals surface area contributed by atoms with Crippen molar-refractivity contribution in [3.63, 3.8) is 0 Å². The first-order chi connectivity index (χ1) is 9.95. The predicted molar refractivity (Wildman–Crippen MR) is 80.3 cm³/mol. The number of ketones is 1. The third kappa shape index (κ3) is 3.32. The van der Waals surface area contributed by atoms with Gasteiger partial charge in [-0.15, -0.1) is 0 Å². The fraction of sp³-hybridized carbons (Fsp3) is 0.529. The van der Waals surface area contributed by atoms with Gasteiger partial charge in [-0.25, -0.2) is 4.79 Å². The van der Waals surface area contributed by atoms with Crippen LogP contribution in [0, 0.1) is 11.3 Å². The molecule has 1 fully saturated rings. The van der Waals surface area contributed by atoms with Gasteiger partial charge in [0.05, 0.1) is 0 Å². The van der Waals surface area contributed by atoms with E-state index in [2.05, 4.69) is 0 Å². The molecule has 1 aromatic rings. The van der Waals surface area contributed by atoms with Crippen molar-refractivity contribution >= 4 is 11.8 Å². The van der Waals surface area contributed by atoms with Crippen LogP contribution in [0.15, 0.2) is 30.3 Å². The molecule has 0 radical (unpaired) electrons. The summed E-state index contributed by atoms with van der Waals surface area (Å²) in [7, 11) is 0. The molecule has 0 spiro atoms. The average Bonchev–Trinajstić information content (AvgIpc) is 2.88. The van der Waals surface area contributed by atoms with E-state index >= 15 is 0 Å². The van der Waals surface area contributed by atoms with Crippen molar-refractivity contribution < 1.29 is 14.3 Å². The van der Waals surface area contributed by atoms with Gasteiger partial charge >= 0.3 is 5.97 Å². The van der Waals surface area contributed by atoms with Crippen LogP contribution in [0.4, 0.5) is 0 Å².